The number of aryl methyl sites for hydroxylation is 1. The highest BCUT2D eigenvalue weighted by Gasteiger charge is 2.26. The molecule has 1 aromatic rings. The first-order chi connectivity index (χ1) is 8.28. The highest BCUT2D eigenvalue weighted by atomic mass is 19.4. The summed E-state index contributed by atoms with van der Waals surface area (Å²) in [6.07, 6.45) is -5.43. The Morgan fingerprint density at radius 2 is 2.11 bits per heavy atom. The van der Waals surface area contributed by atoms with Crippen LogP contribution in [0.1, 0.15) is 29.0 Å². The van der Waals surface area contributed by atoms with Crippen LogP contribution >= 0.6 is 0 Å². The third kappa shape index (κ3) is 4.98. The molecule has 0 saturated heterocycles. The third-order valence-corrected chi connectivity index (χ3v) is 1.89. The lowest BCUT2D eigenvalue weighted by Gasteiger charge is -2.07. The van der Waals surface area contributed by atoms with E-state index in [0.717, 1.165) is 0 Å². The van der Waals surface area contributed by atoms with Crippen molar-refractivity contribution in [2.24, 2.45) is 0 Å². The van der Waals surface area contributed by atoms with Gasteiger partial charge in [0, 0.05) is 12.1 Å². The molecule has 0 spiro atoms. The quantitative estimate of drug-likeness (QED) is 0.825. The van der Waals surface area contributed by atoms with E-state index in [1.54, 1.807) is 0 Å². The second kappa shape index (κ2) is 5.65. The number of nitrogens with zero attached hydrogens (tertiary/aromatic N) is 2. The van der Waals surface area contributed by atoms with Gasteiger partial charge in [-0.15, -0.1) is 0 Å². The fourth-order valence-electron chi connectivity index (χ4n) is 1.15. The Labute approximate surface area is 101 Å². The highest BCUT2D eigenvalue weighted by Crippen LogP contribution is 2.21. The molecule has 0 radical (unpaired) electrons. The van der Waals surface area contributed by atoms with Crippen LogP contribution in [0.3, 0.4) is 0 Å². The normalized spacial score (nSPS) is 11.3. The zero-order valence-corrected chi connectivity index (χ0v) is 9.49. The van der Waals surface area contributed by atoms with Gasteiger partial charge in [-0.2, -0.15) is 18.2 Å². The molecule has 0 unspecified atom stereocenters. The highest BCUT2D eigenvalue weighted by molar-refractivity contribution is 5.85. The number of carboxylic acids is 1. The van der Waals surface area contributed by atoms with Crippen molar-refractivity contribution in [1.82, 2.24) is 9.97 Å². The lowest BCUT2D eigenvalue weighted by atomic mass is 10.3. The first-order valence-corrected chi connectivity index (χ1v) is 5.06. The lowest BCUT2D eigenvalue weighted by Crippen LogP contribution is -2.11. The third-order valence-electron chi connectivity index (χ3n) is 1.89. The average molecular weight is 264 g/mol. The molecule has 0 aliphatic rings. The molecule has 1 N–H and O–H groups in total. The van der Waals surface area contributed by atoms with Gasteiger partial charge in [0.05, 0.1) is 6.61 Å². The topological polar surface area (TPSA) is 72.3 Å². The number of ether oxygens (including phenoxy) is 1. The van der Waals surface area contributed by atoms with E-state index in [9.17, 15) is 18.0 Å². The summed E-state index contributed by atoms with van der Waals surface area (Å²) in [5, 5.41) is 8.72. The molecular weight excluding hydrogens is 253 g/mol. The van der Waals surface area contributed by atoms with Crippen molar-refractivity contribution < 1.29 is 27.8 Å². The number of hydrogen-bond acceptors (Lipinski definition) is 4. The van der Waals surface area contributed by atoms with Gasteiger partial charge >= 0.3 is 18.2 Å². The molecule has 0 bridgehead atoms. The lowest BCUT2D eigenvalue weighted by molar-refractivity contribution is -0.136. The summed E-state index contributed by atoms with van der Waals surface area (Å²) in [5.74, 6) is -1.25. The summed E-state index contributed by atoms with van der Waals surface area (Å²) in [4.78, 5) is 18.0. The average Bonchev–Trinajstić information content (AvgIpc) is 2.22. The summed E-state index contributed by atoms with van der Waals surface area (Å²) < 4.78 is 40.4. The zero-order valence-electron chi connectivity index (χ0n) is 9.49. The maximum atomic E-state index is 11.9. The fraction of sp³-hybridized carbons (Fsp3) is 0.500. The number of alkyl halides is 3. The molecule has 0 saturated carbocycles. The second-order valence-electron chi connectivity index (χ2n) is 3.55. The molecule has 18 heavy (non-hydrogen) atoms. The number of rotatable bonds is 5. The van der Waals surface area contributed by atoms with Crippen LogP contribution in [0.5, 0.6) is 6.01 Å². The van der Waals surface area contributed by atoms with E-state index in [2.05, 4.69) is 9.97 Å². The van der Waals surface area contributed by atoms with Gasteiger partial charge in [-0.05, 0) is 19.4 Å². The van der Waals surface area contributed by atoms with E-state index in [-0.39, 0.29) is 24.7 Å². The van der Waals surface area contributed by atoms with Crippen LogP contribution in [0.15, 0.2) is 6.07 Å². The van der Waals surface area contributed by atoms with Gasteiger partial charge in [0.15, 0.2) is 5.69 Å². The largest absolute Gasteiger partial charge is 0.477 e. The van der Waals surface area contributed by atoms with Gasteiger partial charge in [0.1, 0.15) is 0 Å². The van der Waals surface area contributed by atoms with Crippen LogP contribution in [0.25, 0.3) is 0 Å². The number of carbonyl (C=O) groups is 1. The molecular formula is C10H11F3N2O3. The summed E-state index contributed by atoms with van der Waals surface area (Å²) in [7, 11) is 0. The number of aromatic carboxylic acids is 1. The van der Waals surface area contributed by atoms with Crippen LogP contribution in [0.4, 0.5) is 13.2 Å². The van der Waals surface area contributed by atoms with Gasteiger partial charge in [-0.3, -0.25) is 0 Å². The molecule has 1 rings (SSSR count). The second-order valence-corrected chi connectivity index (χ2v) is 3.55. The Balaban J connectivity index is 2.55. The Kier molecular flexibility index (Phi) is 4.46. The molecule has 1 heterocycles. The van der Waals surface area contributed by atoms with Gasteiger partial charge in [0.25, 0.3) is 0 Å². The standard InChI is InChI=1S/C10H11F3N2O3/c1-6-5-7(8(16)17)15-9(14-6)18-4-2-3-10(11,12)13/h5H,2-4H2,1H3,(H,16,17). The molecule has 100 valence electrons. The smallest absolute Gasteiger partial charge is 0.389 e. The van der Waals surface area contributed by atoms with Crippen LogP contribution < -0.4 is 4.74 Å². The van der Waals surface area contributed by atoms with E-state index < -0.39 is 18.6 Å². The van der Waals surface area contributed by atoms with Crippen LogP contribution in [-0.2, 0) is 0 Å². The van der Waals surface area contributed by atoms with Crippen LogP contribution in [0.2, 0.25) is 0 Å². The van der Waals surface area contributed by atoms with E-state index >= 15 is 0 Å². The Morgan fingerprint density at radius 3 is 2.67 bits per heavy atom. The van der Waals surface area contributed by atoms with Crippen LogP contribution in [-0.4, -0.2) is 33.8 Å². The minimum Gasteiger partial charge on any atom is -0.477 e. The fourth-order valence-corrected chi connectivity index (χ4v) is 1.15. The molecule has 0 aromatic carbocycles. The van der Waals surface area contributed by atoms with Crippen LogP contribution in [0, 0.1) is 6.92 Å². The Bertz CT molecular complexity index is 435. The van der Waals surface area contributed by atoms with Gasteiger partial charge in [-0.25, -0.2) is 9.78 Å². The molecule has 1 aromatic heterocycles. The number of hydrogen-bond donors (Lipinski definition) is 1. The maximum absolute atomic E-state index is 11.9. The van der Waals surface area contributed by atoms with Crippen molar-refractivity contribution in [2.45, 2.75) is 25.9 Å². The number of carboxylic acid groups (broad SMARTS) is 1. The van der Waals surface area contributed by atoms with E-state index in [0.29, 0.717) is 5.69 Å². The SMILES string of the molecule is Cc1cc(C(=O)O)nc(OCCCC(F)(F)F)n1. The zero-order chi connectivity index (χ0) is 13.8. The molecule has 0 atom stereocenters. The first kappa shape index (κ1) is 14.2. The molecule has 5 nitrogen and oxygen atoms in total. The molecule has 0 amide bonds. The summed E-state index contributed by atoms with van der Waals surface area (Å²) in [6.45, 7) is 1.32. The summed E-state index contributed by atoms with van der Waals surface area (Å²) in [5.41, 5.74) is 0.113. The minimum atomic E-state index is -4.23. The molecule has 0 aliphatic carbocycles. The maximum Gasteiger partial charge on any atom is 0.389 e. The molecule has 0 aliphatic heterocycles. The van der Waals surface area contributed by atoms with Gasteiger partial charge in [0.2, 0.25) is 0 Å². The van der Waals surface area contributed by atoms with E-state index in [1.165, 1.54) is 13.0 Å². The van der Waals surface area contributed by atoms with Crippen molar-refractivity contribution in [2.75, 3.05) is 6.61 Å². The van der Waals surface area contributed by atoms with Crippen molar-refractivity contribution in [1.29, 1.82) is 0 Å². The summed E-state index contributed by atoms with van der Waals surface area (Å²) in [6, 6.07) is 1.01. The molecule has 0 fully saturated rings. The summed E-state index contributed by atoms with van der Waals surface area (Å²) >= 11 is 0. The van der Waals surface area contributed by atoms with Crippen molar-refractivity contribution in [3.8, 4) is 6.01 Å². The molecule has 8 heteroatoms. The predicted octanol–water partition coefficient (Wildman–Crippen LogP) is 2.20. The van der Waals surface area contributed by atoms with Crippen molar-refractivity contribution >= 4 is 5.97 Å². The first-order valence-electron chi connectivity index (χ1n) is 5.06. The van der Waals surface area contributed by atoms with Crippen molar-refractivity contribution in [3.63, 3.8) is 0 Å². The van der Waals surface area contributed by atoms with Gasteiger partial charge in [-0.1, -0.05) is 0 Å². The van der Waals surface area contributed by atoms with Crippen molar-refractivity contribution in [3.05, 3.63) is 17.5 Å². The predicted molar refractivity (Wildman–Crippen MR) is 54.5 cm³/mol. The van der Waals surface area contributed by atoms with E-state index in [1.807, 2.05) is 0 Å². The Morgan fingerprint density at radius 1 is 1.44 bits per heavy atom. The Hall–Kier alpha value is -1.86. The van der Waals surface area contributed by atoms with Gasteiger partial charge < -0.3 is 9.84 Å². The number of halogens is 3. The van der Waals surface area contributed by atoms with E-state index in [4.69, 9.17) is 9.84 Å². The minimum absolute atomic E-state index is 0.220. The monoisotopic (exact) mass is 264 g/mol. The number of aromatic nitrogens is 2.